The van der Waals surface area contributed by atoms with Crippen molar-refractivity contribution in [2.75, 3.05) is 0 Å². The van der Waals surface area contributed by atoms with Crippen molar-refractivity contribution in [2.45, 2.75) is 33.1 Å². The molecule has 0 amide bonds. The Balaban J connectivity index is 2.73. The second-order valence-corrected chi connectivity index (χ2v) is 5.47. The Morgan fingerprint density at radius 3 is 2.75 bits per heavy atom. The minimum Gasteiger partial charge on any atom is -0.294 e. The maximum absolute atomic E-state index is 12.0. The van der Waals surface area contributed by atoms with Crippen molar-refractivity contribution in [1.29, 1.82) is 0 Å². The zero-order valence-electron chi connectivity index (χ0n) is 9.59. The Morgan fingerprint density at radius 2 is 2.19 bits per heavy atom. The molecule has 0 fully saturated rings. The van der Waals surface area contributed by atoms with Gasteiger partial charge in [0.15, 0.2) is 5.78 Å². The van der Waals surface area contributed by atoms with Gasteiger partial charge in [-0.15, -0.1) is 0 Å². The average molecular weight is 304 g/mol. The quantitative estimate of drug-likeness (QED) is 0.691. The number of hydrogen-bond acceptors (Lipinski definition) is 1. The lowest BCUT2D eigenvalue weighted by Crippen LogP contribution is -2.06. The number of carbonyl (C=O) groups is 1. The van der Waals surface area contributed by atoms with Gasteiger partial charge in [0.05, 0.1) is 5.02 Å². The van der Waals surface area contributed by atoms with Crippen LogP contribution in [0.15, 0.2) is 22.7 Å². The molecule has 88 valence electrons. The van der Waals surface area contributed by atoms with Gasteiger partial charge in [-0.2, -0.15) is 0 Å². The summed E-state index contributed by atoms with van der Waals surface area (Å²) in [5.74, 6) is 0.565. The minimum absolute atomic E-state index is 0.137. The third kappa shape index (κ3) is 3.91. The van der Waals surface area contributed by atoms with Crippen LogP contribution < -0.4 is 0 Å². The van der Waals surface area contributed by atoms with E-state index in [9.17, 15) is 4.79 Å². The second kappa shape index (κ2) is 6.41. The normalized spacial score (nSPS) is 12.5. The molecule has 16 heavy (non-hydrogen) atoms. The summed E-state index contributed by atoms with van der Waals surface area (Å²) in [6, 6.07) is 5.40. The fraction of sp³-hybridized carbons (Fsp3) is 0.462. The van der Waals surface area contributed by atoms with Crippen molar-refractivity contribution >= 4 is 33.3 Å². The Hall–Kier alpha value is -0.340. The number of hydrogen-bond donors (Lipinski definition) is 0. The topological polar surface area (TPSA) is 17.1 Å². The first-order valence-electron chi connectivity index (χ1n) is 5.52. The highest BCUT2D eigenvalue weighted by Gasteiger charge is 2.13. The summed E-state index contributed by atoms with van der Waals surface area (Å²) in [5, 5.41) is 0.531. The molecule has 0 aliphatic carbocycles. The van der Waals surface area contributed by atoms with E-state index in [1.165, 1.54) is 0 Å². The number of halogens is 2. The third-order valence-electron chi connectivity index (χ3n) is 2.55. The minimum atomic E-state index is 0.137. The van der Waals surface area contributed by atoms with Crippen LogP contribution in [0, 0.1) is 5.92 Å². The lowest BCUT2D eigenvalue weighted by Gasteiger charge is -2.09. The summed E-state index contributed by atoms with van der Waals surface area (Å²) in [5.41, 5.74) is 0.632. The van der Waals surface area contributed by atoms with Crippen LogP contribution in [-0.4, -0.2) is 5.78 Å². The molecule has 0 bridgehead atoms. The van der Waals surface area contributed by atoms with Crippen LogP contribution >= 0.6 is 27.5 Å². The van der Waals surface area contributed by atoms with E-state index in [4.69, 9.17) is 11.6 Å². The molecule has 1 nitrogen and oxygen atoms in total. The zero-order valence-corrected chi connectivity index (χ0v) is 11.9. The summed E-state index contributed by atoms with van der Waals surface area (Å²) in [6.45, 7) is 4.24. The molecule has 0 saturated carbocycles. The lowest BCUT2D eigenvalue weighted by molar-refractivity contribution is 0.0963. The first-order chi connectivity index (χ1) is 7.54. The van der Waals surface area contributed by atoms with Crippen LogP contribution in [-0.2, 0) is 0 Å². The van der Waals surface area contributed by atoms with E-state index >= 15 is 0 Å². The fourth-order valence-corrected chi connectivity index (χ4v) is 2.52. The highest BCUT2D eigenvalue weighted by atomic mass is 79.9. The van der Waals surface area contributed by atoms with Crippen molar-refractivity contribution in [2.24, 2.45) is 5.92 Å². The maximum atomic E-state index is 12.0. The van der Waals surface area contributed by atoms with E-state index in [2.05, 4.69) is 29.8 Å². The second-order valence-electron chi connectivity index (χ2n) is 4.15. The van der Waals surface area contributed by atoms with Gasteiger partial charge < -0.3 is 0 Å². The van der Waals surface area contributed by atoms with Crippen LogP contribution in [0.5, 0.6) is 0 Å². The maximum Gasteiger partial charge on any atom is 0.164 e. The van der Waals surface area contributed by atoms with Gasteiger partial charge in [0.1, 0.15) is 0 Å². The zero-order chi connectivity index (χ0) is 12.1. The van der Waals surface area contributed by atoms with Crippen molar-refractivity contribution in [3.8, 4) is 0 Å². The van der Waals surface area contributed by atoms with Gasteiger partial charge in [0, 0.05) is 16.5 Å². The van der Waals surface area contributed by atoms with Crippen LogP contribution in [0.2, 0.25) is 5.02 Å². The first-order valence-corrected chi connectivity index (χ1v) is 6.70. The van der Waals surface area contributed by atoms with Crippen LogP contribution in [0.1, 0.15) is 43.5 Å². The molecule has 0 radical (unpaired) electrons. The van der Waals surface area contributed by atoms with E-state index in [-0.39, 0.29) is 5.78 Å². The molecule has 3 heteroatoms. The van der Waals surface area contributed by atoms with Gasteiger partial charge in [-0.3, -0.25) is 4.79 Å². The Labute approximate surface area is 110 Å². The Kier molecular flexibility index (Phi) is 5.50. The molecule has 0 aliphatic heterocycles. The number of Topliss-reactive ketones (excluding diaryl/α,β-unsaturated/α-hetero) is 1. The molecule has 1 unspecified atom stereocenters. The number of ketones is 1. The fourth-order valence-electron chi connectivity index (χ4n) is 1.74. The smallest absolute Gasteiger partial charge is 0.164 e. The van der Waals surface area contributed by atoms with Gasteiger partial charge in [0.2, 0.25) is 0 Å². The average Bonchev–Trinajstić information content (AvgIpc) is 2.17. The van der Waals surface area contributed by atoms with Gasteiger partial charge in [0.25, 0.3) is 0 Å². The highest BCUT2D eigenvalue weighted by Crippen LogP contribution is 2.24. The lowest BCUT2D eigenvalue weighted by atomic mass is 9.96. The molecule has 1 rings (SSSR count). The van der Waals surface area contributed by atoms with Gasteiger partial charge >= 0.3 is 0 Å². The number of carbonyl (C=O) groups excluding carboxylic acids is 1. The van der Waals surface area contributed by atoms with Crippen molar-refractivity contribution in [1.82, 2.24) is 0 Å². The van der Waals surface area contributed by atoms with Gasteiger partial charge in [-0.25, -0.2) is 0 Å². The molecule has 0 heterocycles. The number of rotatable bonds is 5. The molecule has 0 saturated heterocycles. The molecule has 1 aromatic carbocycles. The van der Waals surface area contributed by atoms with E-state index in [1.54, 1.807) is 12.1 Å². The molecule has 0 aliphatic rings. The standard InChI is InChI=1S/C13H16BrClO/c1-3-4-9(2)7-13(16)11-6-5-10(14)8-12(11)15/h5-6,8-9H,3-4,7H2,1-2H3. The monoisotopic (exact) mass is 302 g/mol. The van der Waals surface area contributed by atoms with Crippen LogP contribution in [0.25, 0.3) is 0 Å². The predicted molar refractivity (Wildman–Crippen MR) is 72.2 cm³/mol. The van der Waals surface area contributed by atoms with Crippen LogP contribution in [0.3, 0.4) is 0 Å². The molecule has 0 spiro atoms. The summed E-state index contributed by atoms with van der Waals surface area (Å²) in [6.07, 6.45) is 2.78. The van der Waals surface area contributed by atoms with E-state index in [0.29, 0.717) is 22.9 Å². The Bertz CT molecular complexity index is 376. The molecule has 1 aromatic rings. The Morgan fingerprint density at radius 1 is 1.50 bits per heavy atom. The summed E-state index contributed by atoms with van der Waals surface area (Å²) < 4.78 is 0.899. The predicted octanol–water partition coefficient (Wildman–Crippen LogP) is 5.11. The van der Waals surface area contributed by atoms with E-state index in [0.717, 1.165) is 17.3 Å². The molecule has 0 aromatic heterocycles. The summed E-state index contributed by atoms with van der Waals surface area (Å²) in [7, 11) is 0. The van der Waals surface area contributed by atoms with E-state index in [1.807, 2.05) is 6.07 Å². The molecule has 0 N–H and O–H groups in total. The van der Waals surface area contributed by atoms with Crippen molar-refractivity contribution in [3.63, 3.8) is 0 Å². The van der Waals surface area contributed by atoms with Gasteiger partial charge in [-0.05, 0) is 24.1 Å². The van der Waals surface area contributed by atoms with Gasteiger partial charge in [-0.1, -0.05) is 54.2 Å². The SMILES string of the molecule is CCCC(C)CC(=O)c1ccc(Br)cc1Cl. The summed E-state index contributed by atoms with van der Waals surface area (Å²) >= 11 is 9.36. The van der Waals surface area contributed by atoms with Crippen molar-refractivity contribution in [3.05, 3.63) is 33.3 Å². The first kappa shape index (κ1) is 13.7. The molecular formula is C13H16BrClO. The van der Waals surface area contributed by atoms with Crippen molar-refractivity contribution < 1.29 is 4.79 Å². The highest BCUT2D eigenvalue weighted by molar-refractivity contribution is 9.10. The van der Waals surface area contributed by atoms with E-state index < -0.39 is 0 Å². The molecule has 1 atom stereocenters. The molecular weight excluding hydrogens is 287 g/mol. The third-order valence-corrected chi connectivity index (χ3v) is 3.35. The largest absolute Gasteiger partial charge is 0.294 e. The number of benzene rings is 1. The summed E-state index contributed by atoms with van der Waals surface area (Å²) in [4.78, 5) is 12.0. The van der Waals surface area contributed by atoms with Crippen LogP contribution in [0.4, 0.5) is 0 Å².